The molecule has 186 valence electrons. The van der Waals surface area contributed by atoms with E-state index in [1.165, 1.54) is 33.3 Å². The van der Waals surface area contributed by atoms with Crippen LogP contribution in [0.15, 0.2) is 47.4 Å². The van der Waals surface area contributed by atoms with Crippen molar-refractivity contribution < 1.29 is 43.1 Å². The zero-order valence-electron chi connectivity index (χ0n) is 20.8. The molecule has 1 heterocycles. The van der Waals surface area contributed by atoms with Crippen LogP contribution in [-0.4, -0.2) is 30.5 Å². The Morgan fingerprint density at radius 3 is 2.00 bits per heavy atom. The van der Waals surface area contributed by atoms with Gasteiger partial charge in [-0.25, -0.2) is 19.4 Å². The van der Waals surface area contributed by atoms with Gasteiger partial charge in [-0.2, -0.15) is 0 Å². The van der Waals surface area contributed by atoms with E-state index in [0.717, 1.165) is 11.6 Å². The monoisotopic (exact) mass is 476 g/mol. The summed E-state index contributed by atoms with van der Waals surface area (Å²) in [5.41, 5.74) is 1.35. The maximum Gasteiger partial charge on any atom is 0.511 e. The number of carbonyl (C=O) groups excluding carboxylic acids is 3. The van der Waals surface area contributed by atoms with Crippen molar-refractivity contribution in [3.63, 3.8) is 0 Å². The summed E-state index contributed by atoms with van der Waals surface area (Å²) in [5, 5.41) is 0. The highest BCUT2D eigenvalue weighted by Crippen LogP contribution is 2.27. The van der Waals surface area contributed by atoms with Crippen molar-refractivity contribution in [3.05, 3.63) is 58.6 Å². The SMILES string of the molecule is CC(C(=O)/C=C(\C)C(=O)OC(C)OC(C)OC(=O)OC(C)(C)c1ccc(C(C)C)cc1)=C1OO1. The number of benzene rings is 1. The number of rotatable bonds is 10. The van der Waals surface area contributed by atoms with Gasteiger partial charge in [0.05, 0.1) is 5.57 Å². The van der Waals surface area contributed by atoms with Crippen LogP contribution < -0.4 is 0 Å². The second-order valence-corrected chi connectivity index (χ2v) is 8.70. The van der Waals surface area contributed by atoms with Crippen LogP contribution in [0.4, 0.5) is 4.79 Å². The lowest BCUT2D eigenvalue weighted by Crippen LogP contribution is -2.31. The molecule has 0 aromatic heterocycles. The Labute approximate surface area is 199 Å². The summed E-state index contributed by atoms with van der Waals surface area (Å²) in [4.78, 5) is 45.4. The number of carbonyl (C=O) groups is 3. The highest BCUT2D eigenvalue weighted by molar-refractivity contribution is 6.07. The second kappa shape index (κ2) is 11.2. The van der Waals surface area contributed by atoms with Crippen LogP contribution in [0.3, 0.4) is 0 Å². The van der Waals surface area contributed by atoms with Gasteiger partial charge >= 0.3 is 18.1 Å². The molecular weight excluding hydrogens is 444 g/mol. The van der Waals surface area contributed by atoms with Gasteiger partial charge in [-0.1, -0.05) is 38.1 Å². The molecule has 0 amide bonds. The van der Waals surface area contributed by atoms with Crippen LogP contribution in [0.1, 0.15) is 72.4 Å². The fraction of sp³-hybridized carbons (Fsp3) is 0.480. The third-order valence-corrected chi connectivity index (χ3v) is 5.04. The molecule has 0 aliphatic carbocycles. The minimum absolute atomic E-state index is 0.0549. The summed E-state index contributed by atoms with van der Waals surface area (Å²) in [5.74, 6) is -0.702. The standard InChI is InChI=1S/C25H32O9/c1-14(2)19-9-11-20(12-10-19)25(7,8)32-24(28)31-18(6)29-17(5)30-22(27)15(3)13-21(26)16(4)23-33-34-23/h9-14,17-18H,1-8H3/b15-13+. The molecule has 1 aromatic carbocycles. The molecule has 1 fully saturated rings. The summed E-state index contributed by atoms with van der Waals surface area (Å²) >= 11 is 0. The first-order chi connectivity index (χ1) is 15.8. The van der Waals surface area contributed by atoms with Crippen molar-refractivity contribution in [3.8, 4) is 0 Å². The summed E-state index contributed by atoms with van der Waals surface area (Å²) in [6, 6.07) is 7.81. The number of ether oxygens (including phenoxy) is 4. The zero-order chi connectivity index (χ0) is 25.6. The van der Waals surface area contributed by atoms with Crippen molar-refractivity contribution in [1.29, 1.82) is 0 Å². The first kappa shape index (κ1) is 26.9. The average Bonchev–Trinajstić information content (AvgIpc) is 3.57. The molecule has 0 spiro atoms. The number of hydrogen-bond donors (Lipinski definition) is 0. The number of ketones is 1. The van der Waals surface area contributed by atoms with Crippen molar-refractivity contribution in [2.75, 3.05) is 0 Å². The van der Waals surface area contributed by atoms with E-state index in [9.17, 15) is 14.4 Å². The molecule has 9 heteroatoms. The first-order valence-electron chi connectivity index (χ1n) is 10.9. The first-order valence-corrected chi connectivity index (χ1v) is 10.9. The molecule has 1 aromatic rings. The quantitative estimate of drug-likeness (QED) is 0.148. The molecule has 9 nitrogen and oxygen atoms in total. The molecule has 2 unspecified atom stereocenters. The van der Waals surface area contributed by atoms with Crippen molar-refractivity contribution >= 4 is 17.9 Å². The normalized spacial score (nSPS) is 15.0. The van der Waals surface area contributed by atoms with Gasteiger partial charge in [-0.05, 0) is 64.7 Å². The van der Waals surface area contributed by atoms with E-state index in [0.29, 0.717) is 5.92 Å². The maximum atomic E-state index is 12.3. The predicted octanol–water partition coefficient (Wildman–Crippen LogP) is 5.16. The van der Waals surface area contributed by atoms with E-state index in [4.69, 9.17) is 18.9 Å². The van der Waals surface area contributed by atoms with Crippen molar-refractivity contribution in [1.82, 2.24) is 0 Å². The van der Waals surface area contributed by atoms with Gasteiger partial charge in [0.1, 0.15) is 5.60 Å². The lowest BCUT2D eigenvalue weighted by atomic mass is 9.94. The minimum Gasteiger partial charge on any atom is -0.433 e. The lowest BCUT2D eigenvalue weighted by molar-refractivity contribution is -0.218. The van der Waals surface area contributed by atoms with Gasteiger partial charge < -0.3 is 18.9 Å². The van der Waals surface area contributed by atoms with Crippen LogP contribution >= 0.6 is 0 Å². The molecule has 0 radical (unpaired) electrons. The molecule has 34 heavy (non-hydrogen) atoms. The Morgan fingerprint density at radius 1 is 0.912 bits per heavy atom. The van der Waals surface area contributed by atoms with E-state index in [1.54, 1.807) is 13.8 Å². The summed E-state index contributed by atoms with van der Waals surface area (Å²) < 4.78 is 21.1. The van der Waals surface area contributed by atoms with Gasteiger partial charge in [0.25, 0.3) is 0 Å². The van der Waals surface area contributed by atoms with Gasteiger partial charge in [-0.15, -0.1) is 0 Å². The minimum atomic E-state index is -1.06. The Balaban J connectivity index is 1.83. The summed E-state index contributed by atoms with van der Waals surface area (Å²) in [7, 11) is 0. The van der Waals surface area contributed by atoms with Crippen LogP contribution in [0.5, 0.6) is 0 Å². The topological polar surface area (TPSA) is 113 Å². The Hall–Kier alpha value is -3.33. The van der Waals surface area contributed by atoms with E-state index >= 15 is 0 Å². The fourth-order valence-electron chi connectivity index (χ4n) is 2.88. The molecular formula is C25H32O9. The Bertz CT molecular complexity index is 965. The fourth-order valence-corrected chi connectivity index (χ4v) is 2.88. The molecule has 0 saturated carbocycles. The predicted molar refractivity (Wildman–Crippen MR) is 121 cm³/mol. The largest absolute Gasteiger partial charge is 0.511 e. The third-order valence-electron chi connectivity index (χ3n) is 5.04. The van der Waals surface area contributed by atoms with E-state index < -0.39 is 36.1 Å². The molecule has 0 bridgehead atoms. The lowest BCUT2D eigenvalue weighted by Gasteiger charge is -2.27. The van der Waals surface area contributed by atoms with Crippen LogP contribution in [0, 0.1) is 0 Å². The highest BCUT2D eigenvalue weighted by Gasteiger charge is 2.29. The van der Waals surface area contributed by atoms with E-state index in [-0.39, 0.29) is 17.1 Å². The zero-order valence-corrected chi connectivity index (χ0v) is 20.8. The second-order valence-electron chi connectivity index (χ2n) is 8.70. The van der Waals surface area contributed by atoms with Crippen LogP contribution in [-0.2, 0) is 43.9 Å². The molecule has 1 aliphatic heterocycles. The van der Waals surface area contributed by atoms with Crippen LogP contribution in [0.2, 0.25) is 0 Å². The van der Waals surface area contributed by atoms with E-state index in [2.05, 4.69) is 23.6 Å². The highest BCUT2D eigenvalue weighted by atomic mass is 17.4. The molecule has 0 N–H and O–H groups in total. The Morgan fingerprint density at radius 2 is 1.47 bits per heavy atom. The molecule has 2 atom stereocenters. The van der Waals surface area contributed by atoms with E-state index in [1.807, 2.05) is 24.3 Å². The molecule has 2 rings (SSSR count). The number of allylic oxidation sites excluding steroid dienone is 2. The number of hydrogen-bond acceptors (Lipinski definition) is 9. The Kier molecular flexibility index (Phi) is 8.86. The van der Waals surface area contributed by atoms with Crippen molar-refractivity contribution in [2.24, 2.45) is 0 Å². The summed E-state index contributed by atoms with van der Waals surface area (Å²) in [6.45, 7) is 13.6. The van der Waals surface area contributed by atoms with Crippen LogP contribution in [0.25, 0.3) is 0 Å². The molecule has 1 saturated heterocycles. The number of esters is 1. The smallest absolute Gasteiger partial charge is 0.433 e. The van der Waals surface area contributed by atoms with Gasteiger partial charge in [0.2, 0.25) is 12.6 Å². The third kappa shape index (κ3) is 7.91. The van der Waals surface area contributed by atoms with Gasteiger partial charge in [0, 0.05) is 5.57 Å². The van der Waals surface area contributed by atoms with Gasteiger partial charge in [0.15, 0.2) is 5.78 Å². The summed E-state index contributed by atoms with van der Waals surface area (Å²) in [6.07, 6.45) is -1.94. The maximum absolute atomic E-state index is 12.3. The average molecular weight is 477 g/mol. The van der Waals surface area contributed by atoms with Crippen molar-refractivity contribution in [2.45, 2.75) is 79.5 Å². The van der Waals surface area contributed by atoms with Gasteiger partial charge in [-0.3, -0.25) is 4.79 Å². The molecule has 1 aliphatic rings.